The van der Waals surface area contributed by atoms with Gasteiger partial charge in [0.2, 0.25) is 0 Å². The molecule has 4 aliphatic rings. The van der Waals surface area contributed by atoms with E-state index in [1.54, 1.807) is 0 Å². The fraction of sp³-hybridized carbons (Fsp3) is 0.929. The van der Waals surface area contributed by atoms with E-state index < -0.39 is 24.7 Å². The minimum Gasteiger partial charge on any atom is -0.413 e. The van der Waals surface area contributed by atoms with E-state index in [-0.39, 0.29) is 52.3 Å². The van der Waals surface area contributed by atoms with Gasteiger partial charge < -0.3 is 9.53 Å². The molecular weight excluding hydrogens is 428 g/mol. The first-order valence-electron chi connectivity index (χ1n) is 13.2. The standard InChI is InChI=1S/C28H48O4Si/c1-23(2,3)33(9,10)32-22-12-13-25(6)19(24(22,4)5)11-14-26(7)20(25)17-27(8)21(30)15-18(29)16-28(26,27)31/h19-20,22,31H,11-17H2,1-10H3/t19-,20+,22-,25-,26+,27+,28-/m1/s1. The Morgan fingerprint density at radius 1 is 0.970 bits per heavy atom. The zero-order valence-electron chi connectivity index (χ0n) is 22.9. The summed E-state index contributed by atoms with van der Waals surface area (Å²) in [5.41, 5.74) is -2.37. The van der Waals surface area contributed by atoms with Gasteiger partial charge in [-0.1, -0.05) is 48.5 Å². The molecule has 4 saturated carbocycles. The second kappa shape index (κ2) is 7.03. The third-order valence-corrected chi connectivity index (χ3v) is 16.6. The highest BCUT2D eigenvalue weighted by atomic mass is 28.4. The molecule has 1 N–H and O–H groups in total. The van der Waals surface area contributed by atoms with Crippen molar-refractivity contribution >= 4 is 19.9 Å². The average Bonchev–Trinajstić information content (AvgIpc) is 2.83. The predicted octanol–water partition coefficient (Wildman–Crippen LogP) is 6.31. The van der Waals surface area contributed by atoms with Crippen molar-refractivity contribution in [2.24, 2.45) is 33.5 Å². The van der Waals surface area contributed by atoms with Gasteiger partial charge in [0.25, 0.3) is 0 Å². The number of rotatable bonds is 2. The van der Waals surface area contributed by atoms with Gasteiger partial charge in [0, 0.05) is 11.8 Å². The van der Waals surface area contributed by atoms with Crippen LogP contribution in [0.15, 0.2) is 0 Å². The van der Waals surface area contributed by atoms with Gasteiger partial charge in [-0.15, -0.1) is 0 Å². The van der Waals surface area contributed by atoms with Crippen molar-refractivity contribution in [3.63, 3.8) is 0 Å². The fourth-order valence-corrected chi connectivity index (χ4v) is 10.4. The summed E-state index contributed by atoms with van der Waals surface area (Å²) >= 11 is 0. The molecular formula is C28H48O4Si. The van der Waals surface area contributed by atoms with Crippen molar-refractivity contribution in [3.05, 3.63) is 0 Å². The molecule has 0 aromatic carbocycles. The molecule has 0 aromatic rings. The molecule has 4 fully saturated rings. The van der Waals surface area contributed by atoms with E-state index in [4.69, 9.17) is 4.43 Å². The summed E-state index contributed by atoms with van der Waals surface area (Å²) in [5, 5.41) is 12.3. The number of aliphatic hydroxyl groups is 1. The van der Waals surface area contributed by atoms with Crippen molar-refractivity contribution in [1.82, 2.24) is 0 Å². The highest BCUT2D eigenvalue weighted by Gasteiger charge is 2.76. The van der Waals surface area contributed by atoms with Crippen LogP contribution in [0.25, 0.3) is 0 Å². The molecule has 0 saturated heterocycles. The van der Waals surface area contributed by atoms with E-state index in [0.717, 1.165) is 25.7 Å². The molecule has 0 radical (unpaired) electrons. The minimum absolute atomic E-state index is 0.00429. The SMILES string of the molecule is CC1(C)[C@H]2CC[C@@]3(C)[C@@H](C[C@@]4(C)C(=O)CC(=O)C[C@]43O)[C@]2(C)CC[C@H]1O[Si](C)(C)C(C)(C)C. The van der Waals surface area contributed by atoms with Gasteiger partial charge in [-0.25, -0.2) is 0 Å². The Kier molecular flexibility index (Phi) is 5.45. The number of carbonyl (C=O) groups is 2. The lowest BCUT2D eigenvalue weighted by molar-refractivity contribution is -0.205. The maximum atomic E-state index is 13.2. The lowest BCUT2D eigenvalue weighted by atomic mass is 9.42. The first-order chi connectivity index (χ1) is 14.8. The third-order valence-electron chi connectivity index (χ3n) is 12.1. The molecule has 4 nitrogen and oxygen atoms in total. The molecule has 4 aliphatic carbocycles. The first kappa shape index (κ1) is 25.6. The highest BCUT2D eigenvalue weighted by Crippen LogP contribution is 2.75. The van der Waals surface area contributed by atoms with E-state index in [9.17, 15) is 14.7 Å². The van der Waals surface area contributed by atoms with Crippen LogP contribution in [0.4, 0.5) is 0 Å². The number of fused-ring (bicyclic) bond motifs is 5. The van der Waals surface area contributed by atoms with Gasteiger partial charge in [-0.2, -0.15) is 0 Å². The molecule has 0 aromatic heterocycles. The smallest absolute Gasteiger partial charge is 0.192 e. The van der Waals surface area contributed by atoms with Crippen LogP contribution in [0.1, 0.15) is 100 Å². The molecule has 0 heterocycles. The minimum atomic E-state index is -1.89. The molecule has 4 rings (SSSR count). The number of hydrogen-bond donors (Lipinski definition) is 1. The van der Waals surface area contributed by atoms with Gasteiger partial charge in [-0.05, 0) is 79.8 Å². The molecule has 0 amide bonds. The van der Waals surface area contributed by atoms with Crippen LogP contribution in [0.2, 0.25) is 18.1 Å². The Hall–Kier alpha value is -0.523. The average molecular weight is 477 g/mol. The van der Waals surface area contributed by atoms with Crippen LogP contribution in [-0.4, -0.2) is 36.7 Å². The summed E-state index contributed by atoms with van der Waals surface area (Å²) in [6.45, 7) is 23.0. The molecule has 33 heavy (non-hydrogen) atoms. The number of Topliss-reactive ketones (excluding diaryl/α,β-unsaturated/α-hetero) is 2. The van der Waals surface area contributed by atoms with Crippen molar-refractivity contribution in [2.45, 2.75) is 130 Å². The molecule has 188 valence electrons. The summed E-state index contributed by atoms with van der Waals surface area (Å²) < 4.78 is 7.05. The van der Waals surface area contributed by atoms with E-state index >= 15 is 0 Å². The van der Waals surface area contributed by atoms with Gasteiger partial charge >= 0.3 is 0 Å². The largest absolute Gasteiger partial charge is 0.413 e. The number of ketones is 2. The second-order valence-corrected chi connectivity index (χ2v) is 19.8. The maximum absolute atomic E-state index is 13.2. The zero-order valence-corrected chi connectivity index (χ0v) is 23.9. The monoisotopic (exact) mass is 476 g/mol. The van der Waals surface area contributed by atoms with Crippen LogP contribution in [-0.2, 0) is 14.0 Å². The lowest BCUT2D eigenvalue weighted by Gasteiger charge is -2.65. The third kappa shape index (κ3) is 3.13. The highest BCUT2D eigenvalue weighted by molar-refractivity contribution is 6.74. The summed E-state index contributed by atoms with van der Waals surface area (Å²) in [6, 6.07) is 0. The van der Waals surface area contributed by atoms with Gasteiger partial charge in [-0.3, -0.25) is 9.59 Å². The molecule has 5 heteroatoms. The van der Waals surface area contributed by atoms with Gasteiger partial charge in [0.05, 0.1) is 23.5 Å². The van der Waals surface area contributed by atoms with Crippen LogP contribution < -0.4 is 0 Å². The van der Waals surface area contributed by atoms with Crippen molar-refractivity contribution in [3.8, 4) is 0 Å². The Morgan fingerprint density at radius 2 is 1.58 bits per heavy atom. The Balaban J connectivity index is 1.71. The van der Waals surface area contributed by atoms with E-state index in [2.05, 4.69) is 61.6 Å². The normalized spacial score (nSPS) is 47.7. The quantitative estimate of drug-likeness (QED) is 0.375. The molecule has 0 spiro atoms. The predicted molar refractivity (Wildman–Crippen MR) is 134 cm³/mol. The van der Waals surface area contributed by atoms with Gasteiger partial charge in [0.15, 0.2) is 8.32 Å². The topological polar surface area (TPSA) is 63.6 Å². The summed E-state index contributed by atoms with van der Waals surface area (Å²) in [7, 11) is -1.89. The maximum Gasteiger partial charge on any atom is 0.192 e. The summed E-state index contributed by atoms with van der Waals surface area (Å²) in [6.07, 6.45) is 5.08. The Labute approximate surface area is 202 Å². The molecule has 7 atom stereocenters. The van der Waals surface area contributed by atoms with Crippen LogP contribution in [0, 0.1) is 33.5 Å². The van der Waals surface area contributed by atoms with Crippen molar-refractivity contribution < 1.29 is 19.1 Å². The van der Waals surface area contributed by atoms with Crippen LogP contribution >= 0.6 is 0 Å². The molecule has 0 aliphatic heterocycles. The summed E-state index contributed by atoms with van der Waals surface area (Å²) in [4.78, 5) is 25.7. The van der Waals surface area contributed by atoms with Crippen LogP contribution in [0.3, 0.4) is 0 Å². The number of hydrogen-bond acceptors (Lipinski definition) is 4. The first-order valence-corrected chi connectivity index (χ1v) is 16.1. The van der Waals surface area contributed by atoms with Crippen molar-refractivity contribution in [1.29, 1.82) is 0 Å². The molecule has 0 unspecified atom stereocenters. The lowest BCUT2D eigenvalue weighted by Crippen LogP contribution is -2.64. The fourth-order valence-electron chi connectivity index (χ4n) is 8.90. The van der Waals surface area contributed by atoms with E-state index in [1.807, 2.05) is 6.92 Å². The zero-order chi connectivity index (χ0) is 25.0. The molecule has 0 bridgehead atoms. The summed E-state index contributed by atoms with van der Waals surface area (Å²) in [5.74, 6) is 0.596. The van der Waals surface area contributed by atoms with Crippen molar-refractivity contribution in [2.75, 3.05) is 0 Å². The van der Waals surface area contributed by atoms with Gasteiger partial charge in [0.1, 0.15) is 11.6 Å². The van der Waals surface area contributed by atoms with E-state index in [0.29, 0.717) is 12.3 Å². The second-order valence-electron chi connectivity index (χ2n) is 15.0. The van der Waals surface area contributed by atoms with Crippen LogP contribution in [0.5, 0.6) is 0 Å². The Bertz CT molecular complexity index is 872. The number of carbonyl (C=O) groups excluding carboxylic acids is 2. The Morgan fingerprint density at radius 3 is 2.15 bits per heavy atom. The van der Waals surface area contributed by atoms with E-state index in [1.165, 1.54) is 0 Å².